The second-order valence-electron chi connectivity index (χ2n) is 5.99. The average molecular weight is 342 g/mol. The van der Waals surface area contributed by atoms with Crippen molar-refractivity contribution in [1.29, 1.82) is 0 Å². The summed E-state index contributed by atoms with van der Waals surface area (Å²) in [5.74, 6) is 0.704. The van der Waals surface area contributed by atoms with Gasteiger partial charge in [0.25, 0.3) is 0 Å². The normalized spacial score (nSPS) is 17.6. The molecule has 0 aliphatic heterocycles. The number of hydrogen-bond acceptors (Lipinski definition) is 1. The van der Waals surface area contributed by atoms with E-state index in [0.717, 1.165) is 25.3 Å². The number of benzene rings is 1. The third-order valence-electron chi connectivity index (χ3n) is 4.24. The molecule has 1 aliphatic carbocycles. The minimum atomic E-state index is -0.178. The van der Waals surface area contributed by atoms with Crippen molar-refractivity contribution < 1.29 is 4.39 Å². The fraction of sp³-hybridized carbons (Fsp3) is 0.647. The van der Waals surface area contributed by atoms with Crippen molar-refractivity contribution in [2.75, 3.05) is 6.54 Å². The molecule has 0 aromatic heterocycles. The zero-order valence-electron chi connectivity index (χ0n) is 12.3. The number of hydrogen-bond donors (Lipinski definition) is 1. The molecule has 0 amide bonds. The minimum Gasteiger partial charge on any atom is -0.314 e. The molecule has 112 valence electrons. The van der Waals surface area contributed by atoms with E-state index in [1.807, 2.05) is 12.1 Å². The molecule has 1 saturated carbocycles. The Bertz CT molecular complexity index is 415. The fourth-order valence-electron chi connectivity index (χ4n) is 3.19. The summed E-state index contributed by atoms with van der Waals surface area (Å²) in [6, 6.07) is 5.92. The molecule has 2 rings (SSSR count). The smallest absolute Gasteiger partial charge is 0.137 e. The van der Waals surface area contributed by atoms with E-state index in [2.05, 4.69) is 28.2 Å². The summed E-state index contributed by atoms with van der Waals surface area (Å²) >= 11 is 3.28. The van der Waals surface area contributed by atoms with Crippen LogP contribution < -0.4 is 5.32 Å². The van der Waals surface area contributed by atoms with Gasteiger partial charge in [0.2, 0.25) is 0 Å². The van der Waals surface area contributed by atoms with Crippen LogP contribution in [0.2, 0.25) is 0 Å². The highest BCUT2D eigenvalue weighted by Gasteiger charge is 2.20. The first kappa shape index (κ1) is 16.0. The molecule has 20 heavy (non-hydrogen) atoms. The Balaban J connectivity index is 1.95. The Morgan fingerprint density at radius 3 is 2.75 bits per heavy atom. The lowest BCUT2D eigenvalue weighted by atomic mass is 9.94. The molecule has 1 atom stereocenters. The molecule has 1 unspecified atom stereocenters. The average Bonchev–Trinajstić information content (AvgIpc) is 2.93. The van der Waals surface area contributed by atoms with E-state index in [1.165, 1.54) is 37.7 Å². The van der Waals surface area contributed by atoms with Gasteiger partial charge < -0.3 is 5.32 Å². The van der Waals surface area contributed by atoms with Gasteiger partial charge in [-0.2, -0.15) is 0 Å². The zero-order valence-corrected chi connectivity index (χ0v) is 13.9. The van der Waals surface area contributed by atoms with E-state index in [9.17, 15) is 4.39 Å². The van der Waals surface area contributed by atoms with Crippen LogP contribution in [0.3, 0.4) is 0 Å². The Hall–Kier alpha value is -0.410. The van der Waals surface area contributed by atoms with Crippen LogP contribution in [-0.4, -0.2) is 12.6 Å². The Morgan fingerprint density at radius 2 is 2.10 bits per heavy atom. The first-order valence-corrected chi connectivity index (χ1v) is 8.65. The van der Waals surface area contributed by atoms with Crippen molar-refractivity contribution >= 4 is 15.9 Å². The van der Waals surface area contributed by atoms with Crippen molar-refractivity contribution in [2.24, 2.45) is 5.92 Å². The summed E-state index contributed by atoms with van der Waals surface area (Å²) in [7, 11) is 0. The Labute approximate surface area is 130 Å². The number of nitrogens with one attached hydrogen (secondary N) is 1. The molecule has 1 aromatic rings. The Morgan fingerprint density at radius 1 is 1.35 bits per heavy atom. The number of halogens is 2. The molecule has 1 N–H and O–H groups in total. The summed E-state index contributed by atoms with van der Waals surface area (Å²) in [5, 5.41) is 3.67. The van der Waals surface area contributed by atoms with Crippen LogP contribution >= 0.6 is 15.9 Å². The Kier molecular flexibility index (Phi) is 6.50. The highest BCUT2D eigenvalue weighted by atomic mass is 79.9. The standard InChI is InChI=1S/C17H25BrFN/c1-2-9-20-15(10-13-5-3-4-6-13)11-14-7-8-17(19)16(18)12-14/h7-8,12-13,15,20H,2-6,9-11H2,1H3. The maximum atomic E-state index is 13.3. The molecule has 0 radical (unpaired) electrons. The van der Waals surface area contributed by atoms with Crippen LogP contribution in [0.5, 0.6) is 0 Å². The van der Waals surface area contributed by atoms with E-state index < -0.39 is 0 Å². The van der Waals surface area contributed by atoms with Gasteiger partial charge in [-0.05, 0) is 65.4 Å². The van der Waals surface area contributed by atoms with E-state index >= 15 is 0 Å². The van der Waals surface area contributed by atoms with E-state index in [4.69, 9.17) is 0 Å². The summed E-state index contributed by atoms with van der Waals surface area (Å²) in [5.41, 5.74) is 1.21. The van der Waals surface area contributed by atoms with Crippen molar-refractivity contribution in [2.45, 2.75) is 57.9 Å². The van der Waals surface area contributed by atoms with E-state index in [0.29, 0.717) is 10.5 Å². The molecule has 0 spiro atoms. The third kappa shape index (κ3) is 4.85. The maximum absolute atomic E-state index is 13.3. The molecule has 1 aromatic carbocycles. The van der Waals surface area contributed by atoms with Crippen LogP contribution in [0.4, 0.5) is 4.39 Å². The molecule has 1 aliphatic rings. The van der Waals surface area contributed by atoms with Gasteiger partial charge in [0.15, 0.2) is 0 Å². The fourth-order valence-corrected chi connectivity index (χ4v) is 3.61. The second kappa shape index (κ2) is 8.14. The molecule has 1 fully saturated rings. The SMILES string of the molecule is CCCNC(Cc1ccc(F)c(Br)c1)CC1CCCC1. The molecule has 0 saturated heterocycles. The van der Waals surface area contributed by atoms with Gasteiger partial charge in [0, 0.05) is 6.04 Å². The van der Waals surface area contributed by atoms with Crippen molar-refractivity contribution in [3.63, 3.8) is 0 Å². The van der Waals surface area contributed by atoms with Gasteiger partial charge in [-0.1, -0.05) is 38.7 Å². The highest BCUT2D eigenvalue weighted by Crippen LogP contribution is 2.29. The van der Waals surface area contributed by atoms with Crippen LogP contribution in [0.1, 0.15) is 51.0 Å². The van der Waals surface area contributed by atoms with Crippen LogP contribution in [0, 0.1) is 11.7 Å². The van der Waals surface area contributed by atoms with Gasteiger partial charge >= 0.3 is 0 Å². The predicted molar refractivity (Wildman–Crippen MR) is 86.5 cm³/mol. The van der Waals surface area contributed by atoms with Crippen LogP contribution in [0.15, 0.2) is 22.7 Å². The predicted octanol–water partition coefficient (Wildman–Crippen LogP) is 5.08. The molecule has 1 nitrogen and oxygen atoms in total. The maximum Gasteiger partial charge on any atom is 0.137 e. The second-order valence-corrected chi connectivity index (χ2v) is 6.84. The molecule has 0 heterocycles. The summed E-state index contributed by atoms with van der Waals surface area (Å²) in [6.07, 6.45) is 8.98. The molecular weight excluding hydrogens is 317 g/mol. The van der Waals surface area contributed by atoms with E-state index in [-0.39, 0.29) is 5.82 Å². The zero-order chi connectivity index (χ0) is 14.4. The lowest BCUT2D eigenvalue weighted by molar-refractivity contribution is 0.385. The van der Waals surface area contributed by atoms with Crippen LogP contribution in [0.25, 0.3) is 0 Å². The first-order chi connectivity index (χ1) is 9.69. The summed E-state index contributed by atoms with van der Waals surface area (Å²) in [6.45, 7) is 3.27. The van der Waals surface area contributed by atoms with Gasteiger partial charge in [-0.25, -0.2) is 4.39 Å². The lowest BCUT2D eigenvalue weighted by Gasteiger charge is -2.22. The largest absolute Gasteiger partial charge is 0.314 e. The molecule has 3 heteroatoms. The number of rotatable bonds is 7. The van der Waals surface area contributed by atoms with E-state index in [1.54, 1.807) is 6.07 Å². The monoisotopic (exact) mass is 341 g/mol. The minimum absolute atomic E-state index is 0.178. The van der Waals surface area contributed by atoms with Gasteiger partial charge in [0.05, 0.1) is 4.47 Å². The van der Waals surface area contributed by atoms with Crippen molar-refractivity contribution in [3.05, 3.63) is 34.1 Å². The first-order valence-electron chi connectivity index (χ1n) is 7.86. The van der Waals surface area contributed by atoms with Gasteiger partial charge in [0.1, 0.15) is 5.82 Å². The molecule has 0 bridgehead atoms. The molecular formula is C17H25BrFN. The van der Waals surface area contributed by atoms with Crippen LogP contribution in [-0.2, 0) is 6.42 Å². The topological polar surface area (TPSA) is 12.0 Å². The summed E-state index contributed by atoms with van der Waals surface area (Å²) in [4.78, 5) is 0. The highest BCUT2D eigenvalue weighted by molar-refractivity contribution is 9.10. The van der Waals surface area contributed by atoms with Gasteiger partial charge in [-0.3, -0.25) is 0 Å². The van der Waals surface area contributed by atoms with Crippen molar-refractivity contribution in [3.8, 4) is 0 Å². The van der Waals surface area contributed by atoms with Gasteiger partial charge in [-0.15, -0.1) is 0 Å². The van der Waals surface area contributed by atoms with Crippen molar-refractivity contribution in [1.82, 2.24) is 5.32 Å². The summed E-state index contributed by atoms with van der Waals surface area (Å²) < 4.78 is 13.9. The quantitative estimate of drug-likeness (QED) is 0.729. The third-order valence-corrected chi connectivity index (χ3v) is 4.85. The lowest BCUT2D eigenvalue weighted by Crippen LogP contribution is -2.33.